The lowest BCUT2D eigenvalue weighted by molar-refractivity contribution is 0.394. The van der Waals surface area contributed by atoms with E-state index in [0.29, 0.717) is 12.1 Å². The third-order valence-corrected chi connectivity index (χ3v) is 4.37. The largest absolute Gasteiger partial charge is 0.326 e. The number of hydrogen-bond acceptors (Lipinski definition) is 4. The summed E-state index contributed by atoms with van der Waals surface area (Å²) in [5.74, 6) is 0. The van der Waals surface area contributed by atoms with E-state index in [2.05, 4.69) is 9.62 Å². The van der Waals surface area contributed by atoms with E-state index in [9.17, 15) is 8.42 Å². The second-order valence-corrected chi connectivity index (χ2v) is 6.46. The molecule has 0 heterocycles. The summed E-state index contributed by atoms with van der Waals surface area (Å²) >= 11 is 0. The average molecular weight is 285 g/mol. The van der Waals surface area contributed by atoms with Crippen LogP contribution in [0.3, 0.4) is 0 Å². The zero-order chi connectivity index (χ0) is 14.3. The van der Waals surface area contributed by atoms with Gasteiger partial charge in [0.2, 0.25) is 10.0 Å². The molecule has 6 heteroatoms. The van der Waals surface area contributed by atoms with Crippen LogP contribution in [-0.4, -0.2) is 40.5 Å². The predicted molar refractivity (Wildman–Crippen MR) is 77.3 cm³/mol. The van der Waals surface area contributed by atoms with Crippen molar-refractivity contribution in [2.24, 2.45) is 5.73 Å². The highest BCUT2D eigenvalue weighted by Crippen LogP contribution is 2.14. The van der Waals surface area contributed by atoms with Crippen molar-refractivity contribution in [2.75, 3.05) is 27.2 Å². The molecule has 0 aliphatic heterocycles. The minimum absolute atomic E-state index is 0.220. The summed E-state index contributed by atoms with van der Waals surface area (Å²) in [4.78, 5) is 2.36. The predicted octanol–water partition coefficient (Wildman–Crippen LogP) is 0.765. The van der Waals surface area contributed by atoms with Crippen molar-refractivity contribution in [1.29, 1.82) is 0 Å². The van der Waals surface area contributed by atoms with Gasteiger partial charge in [0.15, 0.2) is 0 Å². The smallest absolute Gasteiger partial charge is 0.240 e. The fourth-order valence-electron chi connectivity index (χ4n) is 1.77. The molecule has 1 aromatic carbocycles. The SMILES string of the molecule is CN(C)CCCCNS(=O)(=O)c1ccccc1CN. The topological polar surface area (TPSA) is 75.4 Å². The summed E-state index contributed by atoms with van der Waals surface area (Å²) in [6.45, 7) is 1.63. The van der Waals surface area contributed by atoms with Crippen LogP contribution < -0.4 is 10.5 Å². The first-order valence-corrected chi connectivity index (χ1v) is 7.88. The molecule has 1 aromatic rings. The average Bonchev–Trinajstić information content (AvgIpc) is 2.37. The lowest BCUT2D eigenvalue weighted by Crippen LogP contribution is -2.26. The molecule has 0 atom stereocenters. The third-order valence-electron chi connectivity index (χ3n) is 2.81. The summed E-state index contributed by atoms with van der Waals surface area (Å²) in [7, 11) is 0.556. The maximum atomic E-state index is 12.1. The summed E-state index contributed by atoms with van der Waals surface area (Å²) < 4.78 is 26.9. The first-order valence-electron chi connectivity index (χ1n) is 6.39. The van der Waals surface area contributed by atoms with Gasteiger partial charge in [-0.15, -0.1) is 0 Å². The Morgan fingerprint density at radius 1 is 1.21 bits per heavy atom. The molecule has 0 radical (unpaired) electrons. The van der Waals surface area contributed by atoms with Crippen LogP contribution in [0.2, 0.25) is 0 Å². The van der Waals surface area contributed by atoms with Gasteiger partial charge < -0.3 is 10.6 Å². The lowest BCUT2D eigenvalue weighted by atomic mass is 10.2. The molecule has 0 fully saturated rings. The summed E-state index contributed by atoms with van der Waals surface area (Å²) in [6.07, 6.45) is 1.79. The van der Waals surface area contributed by atoms with Crippen molar-refractivity contribution in [3.05, 3.63) is 29.8 Å². The van der Waals surface area contributed by atoms with E-state index in [1.54, 1.807) is 24.3 Å². The zero-order valence-corrected chi connectivity index (χ0v) is 12.4. The lowest BCUT2D eigenvalue weighted by Gasteiger charge is -2.11. The van der Waals surface area contributed by atoms with E-state index in [0.717, 1.165) is 19.4 Å². The molecule has 0 saturated heterocycles. The Balaban J connectivity index is 2.56. The van der Waals surface area contributed by atoms with Crippen LogP contribution in [0, 0.1) is 0 Å². The molecule has 0 aliphatic carbocycles. The molecule has 0 aromatic heterocycles. The van der Waals surface area contributed by atoms with Crippen molar-refractivity contribution < 1.29 is 8.42 Å². The number of nitrogens with zero attached hydrogens (tertiary/aromatic N) is 1. The molecular formula is C13H23N3O2S. The Morgan fingerprint density at radius 3 is 2.53 bits per heavy atom. The molecule has 5 nitrogen and oxygen atoms in total. The molecule has 0 bridgehead atoms. The highest BCUT2D eigenvalue weighted by atomic mass is 32.2. The highest BCUT2D eigenvalue weighted by molar-refractivity contribution is 7.89. The van der Waals surface area contributed by atoms with E-state index in [-0.39, 0.29) is 11.4 Å². The van der Waals surface area contributed by atoms with Gasteiger partial charge in [0.25, 0.3) is 0 Å². The zero-order valence-electron chi connectivity index (χ0n) is 11.6. The number of sulfonamides is 1. The van der Waals surface area contributed by atoms with Crippen LogP contribution >= 0.6 is 0 Å². The van der Waals surface area contributed by atoms with Crippen LogP contribution in [0.4, 0.5) is 0 Å². The van der Waals surface area contributed by atoms with E-state index in [1.807, 2.05) is 14.1 Å². The maximum absolute atomic E-state index is 12.1. The Kier molecular flexibility index (Phi) is 6.44. The van der Waals surface area contributed by atoms with Gasteiger partial charge in [-0.1, -0.05) is 18.2 Å². The van der Waals surface area contributed by atoms with Crippen molar-refractivity contribution in [3.8, 4) is 0 Å². The van der Waals surface area contributed by atoms with E-state index < -0.39 is 10.0 Å². The molecule has 0 unspecified atom stereocenters. The van der Waals surface area contributed by atoms with Gasteiger partial charge in [-0.3, -0.25) is 0 Å². The summed E-state index contributed by atoms with van der Waals surface area (Å²) in [6, 6.07) is 6.82. The van der Waals surface area contributed by atoms with Crippen LogP contribution in [-0.2, 0) is 16.6 Å². The molecule has 0 aliphatic rings. The van der Waals surface area contributed by atoms with Crippen LogP contribution in [0.25, 0.3) is 0 Å². The summed E-state index contributed by atoms with van der Waals surface area (Å²) in [5, 5.41) is 0. The van der Waals surface area contributed by atoms with Gasteiger partial charge in [-0.05, 0) is 45.1 Å². The second-order valence-electron chi connectivity index (χ2n) is 4.72. The number of nitrogens with two attached hydrogens (primary N) is 1. The molecule has 1 rings (SSSR count). The Hall–Kier alpha value is -0.950. The van der Waals surface area contributed by atoms with Crippen molar-refractivity contribution in [2.45, 2.75) is 24.3 Å². The van der Waals surface area contributed by atoms with Crippen molar-refractivity contribution in [1.82, 2.24) is 9.62 Å². The number of benzene rings is 1. The van der Waals surface area contributed by atoms with Gasteiger partial charge >= 0.3 is 0 Å². The van der Waals surface area contributed by atoms with E-state index in [4.69, 9.17) is 5.73 Å². The Labute approximate surface area is 115 Å². The standard InChI is InChI=1S/C13H23N3O2S/c1-16(2)10-6-5-9-15-19(17,18)13-8-4-3-7-12(13)11-14/h3-4,7-8,15H,5-6,9-11,14H2,1-2H3. The monoisotopic (exact) mass is 285 g/mol. The fraction of sp³-hybridized carbons (Fsp3) is 0.538. The van der Waals surface area contributed by atoms with Gasteiger partial charge in [-0.2, -0.15) is 0 Å². The molecule has 19 heavy (non-hydrogen) atoms. The number of nitrogens with one attached hydrogen (secondary N) is 1. The Morgan fingerprint density at radius 2 is 1.89 bits per heavy atom. The van der Waals surface area contributed by atoms with Gasteiger partial charge in [0, 0.05) is 13.1 Å². The Bertz CT molecular complexity index is 486. The van der Waals surface area contributed by atoms with Gasteiger partial charge in [0.05, 0.1) is 4.90 Å². The normalized spacial score (nSPS) is 12.0. The van der Waals surface area contributed by atoms with Crippen molar-refractivity contribution >= 4 is 10.0 Å². The van der Waals surface area contributed by atoms with Gasteiger partial charge in [-0.25, -0.2) is 13.1 Å². The third kappa shape index (κ3) is 5.28. The van der Waals surface area contributed by atoms with E-state index >= 15 is 0 Å². The van der Waals surface area contributed by atoms with E-state index in [1.165, 1.54) is 0 Å². The minimum atomic E-state index is -3.45. The highest BCUT2D eigenvalue weighted by Gasteiger charge is 2.16. The minimum Gasteiger partial charge on any atom is -0.326 e. The molecule has 3 N–H and O–H groups in total. The molecular weight excluding hydrogens is 262 g/mol. The fourth-order valence-corrected chi connectivity index (χ4v) is 3.09. The molecule has 108 valence electrons. The number of unbranched alkanes of at least 4 members (excludes halogenated alkanes) is 1. The van der Waals surface area contributed by atoms with Crippen molar-refractivity contribution in [3.63, 3.8) is 0 Å². The van der Waals surface area contributed by atoms with Crippen LogP contribution in [0.5, 0.6) is 0 Å². The quantitative estimate of drug-likeness (QED) is 0.692. The number of rotatable bonds is 8. The first kappa shape index (κ1) is 16.1. The van der Waals surface area contributed by atoms with Crippen LogP contribution in [0.15, 0.2) is 29.2 Å². The molecule has 0 saturated carbocycles. The molecule has 0 spiro atoms. The number of hydrogen-bond donors (Lipinski definition) is 2. The summed E-state index contributed by atoms with van der Waals surface area (Å²) in [5.41, 5.74) is 6.20. The second kappa shape index (κ2) is 7.59. The first-order chi connectivity index (χ1) is 8.97. The molecule has 0 amide bonds. The van der Waals surface area contributed by atoms with Crippen LogP contribution in [0.1, 0.15) is 18.4 Å². The maximum Gasteiger partial charge on any atom is 0.240 e. The van der Waals surface area contributed by atoms with Gasteiger partial charge in [0.1, 0.15) is 0 Å².